The second kappa shape index (κ2) is 11.1. The summed E-state index contributed by atoms with van der Waals surface area (Å²) in [6, 6.07) is 10.1. The van der Waals surface area contributed by atoms with Crippen LogP contribution >= 0.6 is 27.0 Å². The van der Waals surface area contributed by atoms with Gasteiger partial charge in [-0.05, 0) is 24.6 Å². The Bertz CT molecular complexity index is 1020. The highest BCUT2D eigenvalue weighted by molar-refractivity contribution is 7.59. The second-order valence-electron chi connectivity index (χ2n) is 7.74. The number of nitrogens with zero attached hydrogens (tertiary/aromatic N) is 4. The van der Waals surface area contributed by atoms with Crippen LogP contribution < -0.4 is 15.5 Å². The third-order valence-electron chi connectivity index (χ3n) is 5.62. The summed E-state index contributed by atoms with van der Waals surface area (Å²) in [5, 5.41) is 6.74. The number of benzene rings is 1. The SMILES string of the molecule is F[C@H]1CCN(c2ccc(-c3cc4nccnc4c(NCC4CNCCO4)n3)cc2)C1.S.S. The molecule has 0 aliphatic carbocycles. The van der Waals surface area contributed by atoms with Gasteiger partial charge in [0.2, 0.25) is 0 Å². The molecule has 2 aliphatic heterocycles. The van der Waals surface area contributed by atoms with Gasteiger partial charge in [-0.1, -0.05) is 12.1 Å². The van der Waals surface area contributed by atoms with E-state index in [1.54, 1.807) is 12.4 Å². The molecule has 1 unspecified atom stereocenters. The first-order valence-corrected chi connectivity index (χ1v) is 10.4. The highest BCUT2D eigenvalue weighted by atomic mass is 32.1. The molecule has 0 bridgehead atoms. The van der Waals surface area contributed by atoms with Gasteiger partial charge in [-0.3, -0.25) is 4.98 Å². The van der Waals surface area contributed by atoms with E-state index in [9.17, 15) is 4.39 Å². The number of morpholine rings is 1. The van der Waals surface area contributed by atoms with E-state index in [-0.39, 0.29) is 33.1 Å². The average molecular weight is 477 g/mol. The maximum Gasteiger partial charge on any atom is 0.154 e. The first-order chi connectivity index (χ1) is 14.8. The van der Waals surface area contributed by atoms with E-state index < -0.39 is 6.17 Å². The Balaban J connectivity index is 0.00000144. The molecule has 2 fully saturated rings. The van der Waals surface area contributed by atoms with Gasteiger partial charge in [-0.25, -0.2) is 14.4 Å². The molecule has 172 valence electrons. The number of aromatic nitrogens is 3. The van der Waals surface area contributed by atoms with Crippen LogP contribution in [-0.2, 0) is 4.74 Å². The predicted octanol–water partition coefficient (Wildman–Crippen LogP) is 2.87. The van der Waals surface area contributed by atoms with Crippen LogP contribution in [0.3, 0.4) is 0 Å². The average Bonchev–Trinajstić information content (AvgIpc) is 3.24. The molecule has 2 saturated heterocycles. The molecule has 32 heavy (non-hydrogen) atoms. The molecular formula is C22H29FN6OS2. The monoisotopic (exact) mass is 476 g/mol. The fourth-order valence-electron chi connectivity index (χ4n) is 4.00. The zero-order valence-corrected chi connectivity index (χ0v) is 19.7. The molecule has 0 radical (unpaired) electrons. The number of rotatable bonds is 5. The normalized spacial score (nSPS) is 20.5. The molecular weight excluding hydrogens is 447 g/mol. The number of halogens is 1. The molecule has 5 rings (SSSR count). The van der Waals surface area contributed by atoms with Crippen molar-refractivity contribution >= 4 is 49.5 Å². The van der Waals surface area contributed by atoms with E-state index in [0.29, 0.717) is 31.9 Å². The number of ether oxygens (including phenoxy) is 1. The van der Waals surface area contributed by atoms with Crippen LogP contribution in [0.5, 0.6) is 0 Å². The van der Waals surface area contributed by atoms with Crippen LogP contribution in [0.2, 0.25) is 0 Å². The molecule has 0 amide bonds. The molecule has 10 heteroatoms. The first kappa shape index (κ1) is 24.5. The molecule has 3 aromatic rings. The van der Waals surface area contributed by atoms with Crippen molar-refractivity contribution in [3.8, 4) is 11.3 Å². The Labute approximate surface area is 201 Å². The van der Waals surface area contributed by atoms with Crippen LogP contribution in [0, 0.1) is 0 Å². The Morgan fingerprint density at radius 2 is 1.97 bits per heavy atom. The lowest BCUT2D eigenvalue weighted by Crippen LogP contribution is -2.42. The van der Waals surface area contributed by atoms with Crippen molar-refractivity contribution < 1.29 is 9.13 Å². The Kier molecular flexibility index (Phi) is 8.52. The second-order valence-corrected chi connectivity index (χ2v) is 7.74. The number of hydrogen-bond donors (Lipinski definition) is 2. The Morgan fingerprint density at radius 3 is 2.69 bits per heavy atom. The van der Waals surface area contributed by atoms with Crippen LogP contribution in [-0.4, -0.2) is 66.6 Å². The highest BCUT2D eigenvalue weighted by Gasteiger charge is 2.22. The Hall–Kier alpha value is -2.14. The summed E-state index contributed by atoms with van der Waals surface area (Å²) in [6.45, 7) is 4.29. The summed E-state index contributed by atoms with van der Waals surface area (Å²) < 4.78 is 19.3. The van der Waals surface area contributed by atoms with Crippen molar-refractivity contribution in [2.75, 3.05) is 49.5 Å². The quantitative estimate of drug-likeness (QED) is 0.587. The van der Waals surface area contributed by atoms with E-state index in [1.165, 1.54) is 0 Å². The lowest BCUT2D eigenvalue weighted by atomic mass is 10.1. The van der Waals surface area contributed by atoms with Gasteiger partial charge in [0.1, 0.15) is 11.7 Å². The maximum absolute atomic E-state index is 13.5. The molecule has 2 N–H and O–H groups in total. The van der Waals surface area contributed by atoms with Crippen LogP contribution in [0.25, 0.3) is 22.3 Å². The maximum atomic E-state index is 13.5. The van der Waals surface area contributed by atoms with Gasteiger partial charge in [0.25, 0.3) is 0 Å². The minimum Gasteiger partial charge on any atom is -0.374 e. The predicted molar refractivity (Wildman–Crippen MR) is 136 cm³/mol. The molecule has 4 heterocycles. The smallest absolute Gasteiger partial charge is 0.154 e. The number of hydrogen-bond acceptors (Lipinski definition) is 7. The minimum absolute atomic E-state index is 0. The van der Waals surface area contributed by atoms with Crippen LogP contribution in [0.15, 0.2) is 42.7 Å². The van der Waals surface area contributed by atoms with E-state index in [4.69, 9.17) is 9.72 Å². The van der Waals surface area contributed by atoms with Gasteiger partial charge < -0.3 is 20.3 Å². The van der Waals surface area contributed by atoms with Crippen molar-refractivity contribution in [1.82, 2.24) is 20.3 Å². The fourth-order valence-corrected chi connectivity index (χ4v) is 4.00. The molecule has 2 aliphatic rings. The van der Waals surface area contributed by atoms with Gasteiger partial charge in [0.05, 0.1) is 23.9 Å². The zero-order valence-electron chi connectivity index (χ0n) is 17.7. The molecule has 2 atom stereocenters. The third kappa shape index (κ3) is 5.43. The fraction of sp³-hybridized carbons (Fsp3) is 0.409. The van der Waals surface area contributed by atoms with Crippen molar-refractivity contribution in [2.45, 2.75) is 18.7 Å². The minimum atomic E-state index is -0.734. The summed E-state index contributed by atoms with van der Waals surface area (Å²) in [6.07, 6.45) is 3.32. The van der Waals surface area contributed by atoms with Gasteiger partial charge in [0, 0.05) is 56.4 Å². The molecule has 2 aromatic heterocycles. The van der Waals surface area contributed by atoms with Gasteiger partial charge in [-0.15, -0.1) is 0 Å². The van der Waals surface area contributed by atoms with Crippen molar-refractivity contribution in [3.05, 3.63) is 42.7 Å². The molecule has 7 nitrogen and oxygen atoms in total. The highest BCUT2D eigenvalue weighted by Crippen LogP contribution is 2.28. The largest absolute Gasteiger partial charge is 0.374 e. The van der Waals surface area contributed by atoms with Crippen LogP contribution in [0.4, 0.5) is 15.9 Å². The summed E-state index contributed by atoms with van der Waals surface area (Å²) in [4.78, 5) is 15.9. The van der Waals surface area contributed by atoms with E-state index >= 15 is 0 Å². The number of nitrogens with one attached hydrogen (secondary N) is 2. The van der Waals surface area contributed by atoms with Gasteiger partial charge in [-0.2, -0.15) is 27.0 Å². The lowest BCUT2D eigenvalue weighted by molar-refractivity contribution is 0.0372. The summed E-state index contributed by atoms with van der Waals surface area (Å²) >= 11 is 0. The van der Waals surface area contributed by atoms with Crippen molar-refractivity contribution in [2.24, 2.45) is 0 Å². The van der Waals surface area contributed by atoms with E-state index in [0.717, 1.165) is 47.6 Å². The lowest BCUT2D eigenvalue weighted by Gasteiger charge is -2.24. The summed E-state index contributed by atoms with van der Waals surface area (Å²) in [5.74, 6) is 0.702. The molecule has 1 aromatic carbocycles. The standard InChI is InChI=1S/C22H25FN6O.2H2S/c23-16-5-9-29(14-16)17-3-1-15(2-4-17)19-11-20-21(26-7-6-25-20)22(28-19)27-13-18-12-24-8-10-30-18;;/h1-4,6-7,11,16,18,24H,5,8-10,12-14H2,(H,27,28);2*1H2/t16-,18?;;/m0../s1. The Morgan fingerprint density at radius 1 is 1.16 bits per heavy atom. The van der Waals surface area contributed by atoms with E-state index in [2.05, 4.69) is 25.5 Å². The number of alkyl halides is 1. The first-order valence-electron chi connectivity index (χ1n) is 10.4. The number of fused-ring (bicyclic) bond motifs is 1. The van der Waals surface area contributed by atoms with Crippen LogP contribution in [0.1, 0.15) is 6.42 Å². The van der Waals surface area contributed by atoms with Crippen molar-refractivity contribution in [1.29, 1.82) is 0 Å². The summed E-state index contributed by atoms with van der Waals surface area (Å²) in [5.41, 5.74) is 4.38. The van der Waals surface area contributed by atoms with Crippen molar-refractivity contribution in [3.63, 3.8) is 0 Å². The molecule has 0 saturated carbocycles. The number of pyridine rings is 1. The third-order valence-corrected chi connectivity index (χ3v) is 5.62. The topological polar surface area (TPSA) is 75.2 Å². The zero-order chi connectivity index (χ0) is 20.3. The van der Waals surface area contributed by atoms with Gasteiger partial charge in [0.15, 0.2) is 5.82 Å². The van der Waals surface area contributed by atoms with Gasteiger partial charge >= 0.3 is 0 Å². The summed E-state index contributed by atoms with van der Waals surface area (Å²) in [7, 11) is 0. The van der Waals surface area contributed by atoms with E-state index in [1.807, 2.05) is 30.3 Å². The molecule has 0 spiro atoms. The number of anilines is 2.